The summed E-state index contributed by atoms with van der Waals surface area (Å²) in [6.07, 6.45) is 8.87. The summed E-state index contributed by atoms with van der Waals surface area (Å²) in [5, 5.41) is 3.24. The van der Waals surface area contributed by atoms with Crippen molar-refractivity contribution in [3.8, 4) is 0 Å². The molecule has 2 aliphatic rings. The third-order valence-electron chi connectivity index (χ3n) is 5.79. The number of rotatable bonds is 6. The maximum Gasteiger partial charge on any atom is 0.123 e. The van der Waals surface area contributed by atoms with Crippen molar-refractivity contribution in [1.82, 2.24) is 10.2 Å². The molecule has 3 heteroatoms. The molecule has 0 unspecified atom stereocenters. The molecule has 1 heterocycles. The monoisotopic (exact) mass is 304 g/mol. The number of halogens is 1. The fraction of sp³-hybridized carbons (Fsp3) is 0.684. The molecule has 22 heavy (non-hydrogen) atoms. The summed E-state index contributed by atoms with van der Waals surface area (Å²) < 4.78 is 13.7. The molecular weight excluding hydrogens is 275 g/mol. The Hall–Kier alpha value is -0.930. The molecular formula is C19H29FN2. The zero-order valence-electron chi connectivity index (χ0n) is 13.8. The van der Waals surface area contributed by atoms with Crippen LogP contribution in [0.3, 0.4) is 0 Å². The molecule has 1 aromatic carbocycles. The Kier molecular flexibility index (Phi) is 5.14. The summed E-state index contributed by atoms with van der Waals surface area (Å²) >= 11 is 0. The molecule has 1 N–H and O–H groups in total. The number of likely N-dealkylation sites (tertiary alicyclic amines) is 1. The average molecular weight is 304 g/mol. The van der Waals surface area contributed by atoms with Crippen molar-refractivity contribution in [2.45, 2.75) is 50.5 Å². The van der Waals surface area contributed by atoms with Crippen LogP contribution in [-0.4, -0.2) is 31.6 Å². The van der Waals surface area contributed by atoms with E-state index in [1.54, 1.807) is 12.1 Å². The van der Waals surface area contributed by atoms with Crippen LogP contribution in [0, 0.1) is 11.7 Å². The van der Waals surface area contributed by atoms with Gasteiger partial charge in [0.05, 0.1) is 0 Å². The Balaban J connectivity index is 1.70. The fourth-order valence-corrected chi connectivity index (χ4v) is 4.32. The summed E-state index contributed by atoms with van der Waals surface area (Å²) in [5.41, 5.74) is 1.32. The highest BCUT2D eigenvalue weighted by Crippen LogP contribution is 2.47. The number of nitrogens with zero attached hydrogens (tertiary/aromatic N) is 1. The molecule has 1 aliphatic carbocycles. The zero-order chi connectivity index (χ0) is 15.4. The highest BCUT2D eigenvalue weighted by Gasteiger charge is 2.43. The first-order chi connectivity index (χ1) is 10.7. The maximum absolute atomic E-state index is 13.7. The summed E-state index contributed by atoms with van der Waals surface area (Å²) in [4.78, 5) is 2.60. The van der Waals surface area contributed by atoms with Gasteiger partial charge in [0.2, 0.25) is 0 Å². The highest BCUT2D eigenvalue weighted by atomic mass is 19.1. The van der Waals surface area contributed by atoms with Crippen molar-refractivity contribution in [2.24, 2.45) is 5.92 Å². The Bertz CT molecular complexity index is 476. The fourth-order valence-electron chi connectivity index (χ4n) is 4.32. The molecule has 0 atom stereocenters. The molecule has 0 spiro atoms. The lowest BCUT2D eigenvalue weighted by molar-refractivity contribution is -0.0143. The van der Waals surface area contributed by atoms with Gasteiger partial charge in [0.1, 0.15) is 5.82 Å². The van der Waals surface area contributed by atoms with Crippen molar-refractivity contribution in [2.75, 3.05) is 26.7 Å². The molecule has 1 aromatic rings. The second-order valence-electron chi connectivity index (χ2n) is 7.07. The van der Waals surface area contributed by atoms with Crippen LogP contribution in [0.25, 0.3) is 0 Å². The van der Waals surface area contributed by atoms with Crippen molar-refractivity contribution in [3.05, 3.63) is 35.6 Å². The maximum atomic E-state index is 13.7. The topological polar surface area (TPSA) is 15.3 Å². The van der Waals surface area contributed by atoms with E-state index in [4.69, 9.17) is 0 Å². The highest BCUT2D eigenvalue weighted by molar-refractivity contribution is 5.27. The van der Waals surface area contributed by atoms with Gasteiger partial charge < -0.3 is 5.32 Å². The quantitative estimate of drug-likeness (QED) is 0.801. The minimum Gasteiger partial charge on any atom is -0.320 e. The second kappa shape index (κ2) is 7.10. The molecule has 1 aliphatic heterocycles. The minimum atomic E-state index is -0.0893. The summed E-state index contributed by atoms with van der Waals surface area (Å²) in [5.74, 6) is 0.768. The molecule has 0 amide bonds. The van der Waals surface area contributed by atoms with Crippen molar-refractivity contribution < 1.29 is 4.39 Å². The average Bonchev–Trinajstić information content (AvgIpc) is 2.47. The number of hydrogen-bond donors (Lipinski definition) is 1. The van der Waals surface area contributed by atoms with Crippen LogP contribution in [0.1, 0.15) is 50.5 Å². The van der Waals surface area contributed by atoms with Crippen molar-refractivity contribution in [1.29, 1.82) is 0 Å². The lowest BCUT2D eigenvalue weighted by Gasteiger charge is -2.52. The molecule has 1 saturated carbocycles. The molecule has 1 saturated heterocycles. The standard InChI is InChI=1S/C19H29FN2/c1-21-12-3-5-16-8-10-19(11-9-16,22-13-4-14-22)17-6-2-7-18(20)15-17/h2,6-7,15-16,21H,3-5,8-14H2,1H3. The van der Waals surface area contributed by atoms with Gasteiger partial charge in [-0.1, -0.05) is 12.1 Å². The van der Waals surface area contributed by atoms with Gasteiger partial charge in [0.25, 0.3) is 0 Å². The number of benzene rings is 1. The van der Waals surface area contributed by atoms with E-state index >= 15 is 0 Å². The molecule has 2 nitrogen and oxygen atoms in total. The summed E-state index contributed by atoms with van der Waals surface area (Å²) in [7, 11) is 2.03. The first kappa shape index (κ1) is 15.9. The van der Waals surface area contributed by atoms with Crippen LogP contribution in [0.15, 0.2) is 24.3 Å². The number of hydrogen-bond acceptors (Lipinski definition) is 2. The van der Waals surface area contributed by atoms with Crippen LogP contribution in [0.4, 0.5) is 4.39 Å². The molecule has 0 bridgehead atoms. The van der Waals surface area contributed by atoms with Gasteiger partial charge in [-0.15, -0.1) is 0 Å². The minimum absolute atomic E-state index is 0.0893. The van der Waals surface area contributed by atoms with E-state index in [9.17, 15) is 4.39 Å². The van der Waals surface area contributed by atoms with Crippen LogP contribution < -0.4 is 5.32 Å². The third-order valence-corrected chi connectivity index (χ3v) is 5.79. The first-order valence-corrected chi connectivity index (χ1v) is 8.90. The molecule has 3 rings (SSSR count). The van der Waals surface area contributed by atoms with Crippen molar-refractivity contribution in [3.63, 3.8) is 0 Å². The number of nitrogens with one attached hydrogen (secondary N) is 1. The summed E-state index contributed by atoms with van der Waals surface area (Å²) in [6, 6.07) is 7.37. The van der Waals surface area contributed by atoms with E-state index in [2.05, 4.69) is 16.3 Å². The van der Waals surface area contributed by atoms with E-state index in [0.29, 0.717) is 0 Å². The normalized spacial score (nSPS) is 29.3. The molecule has 0 aromatic heterocycles. The molecule has 0 radical (unpaired) electrons. The SMILES string of the molecule is CNCCCC1CCC(c2cccc(F)c2)(N2CCC2)CC1. The second-order valence-corrected chi connectivity index (χ2v) is 7.07. The van der Waals surface area contributed by atoms with Crippen LogP contribution in [0.5, 0.6) is 0 Å². The van der Waals surface area contributed by atoms with Crippen LogP contribution in [0.2, 0.25) is 0 Å². The van der Waals surface area contributed by atoms with Crippen LogP contribution in [-0.2, 0) is 5.54 Å². The lowest BCUT2D eigenvalue weighted by atomic mass is 9.69. The molecule has 122 valence electrons. The summed E-state index contributed by atoms with van der Waals surface area (Å²) in [6.45, 7) is 3.49. The van der Waals surface area contributed by atoms with E-state index in [1.807, 2.05) is 13.1 Å². The van der Waals surface area contributed by atoms with Crippen LogP contribution >= 0.6 is 0 Å². The van der Waals surface area contributed by atoms with E-state index in [1.165, 1.54) is 63.6 Å². The lowest BCUT2D eigenvalue weighted by Crippen LogP contribution is -2.54. The predicted octanol–water partition coefficient (Wildman–Crippen LogP) is 3.92. The smallest absolute Gasteiger partial charge is 0.123 e. The largest absolute Gasteiger partial charge is 0.320 e. The van der Waals surface area contributed by atoms with Gasteiger partial charge >= 0.3 is 0 Å². The Morgan fingerprint density at radius 2 is 2.05 bits per heavy atom. The Morgan fingerprint density at radius 1 is 1.27 bits per heavy atom. The van der Waals surface area contributed by atoms with E-state index in [-0.39, 0.29) is 11.4 Å². The third kappa shape index (κ3) is 3.21. The zero-order valence-corrected chi connectivity index (χ0v) is 13.8. The van der Waals surface area contributed by atoms with Gasteiger partial charge in [-0.05, 0) is 82.2 Å². The van der Waals surface area contributed by atoms with Gasteiger partial charge in [-0.3, -0.25) is 4.90 Å². The van der Waals surface area contributed by atoms with Gasteiger partial charge in [0.15, 0.2) is 0 Å². The van der Waals surface area contributed by atoms with Gasteiger partial charge in [-0.2, -0.15) is 0 Å². The molecule has 2 fully saturated rings. The Morgan fingerprint density at radius 3 is 2.64 bits per heavy atom. The first-order valence-electron chi connectivity index (χ1n) is 8.90. The van der Waals surface area contributed by atoms with Crippen molar-refractivity contribution >= 4 is 0 Å². The van der Waals surface area contributed by atoms with E-state index in [0.717, 1.165) is 12.5 Å². The van der Waals surface area contributed by atoms with Gasteiger partial charge in [-0.25, -0.2) is 4.39 Å². The van der Waals surface area contributed by atoms with Gasteiger partial charge in [0, 0.05) is 18.6 Å². The predicted molar refractivity (Wildman–Crippen MR) is 89.4 cm³/mol. The Labute approximate surface area is 134 Å². The van der Waals surface area contributed by atoms with E-state index < -0.39 is 0 Å².